The number of benzene rings is 2. The van der Waals surface area contributed by atoms with Gasteiger partial charge in [-0.15, -0.1) is 5.10 Å². The van der Waals surface area contributed by atoms with Crippen LogP contribution in [0, 0.1) is 20.8 Å². The highest BCUT2D eigenvalue weighted by molar-refractivity contribution is 9.10. The number of aromatic amines is 1. The van der Waals surface area contributed by atoms with Crippen LogP contribution in [0.5, 0.6) is 0 Å². The molecule has 0 atom stereocenters. The van der Waals surface area contributed by atoms with Crippen molar-refractivity contribution in [3.8, 4) is 11.4 Å². The molecule has 26 heavy (non-hydrogen) atoms. The maximum absolute atomic E-state index is 12.2. The molecule has 1 aromatic heterocycles. The Morgan fingerprint density at radius 1 is 1.15 bits per heavy atom. The van der Waals surface area contributed by atoms with Crippen LogP contribution in [0.3, 0.4) is 0 Å². The molecule has 134 valence electrons. The summed E-state index contributed by atoms with van der Waals surface area (Å²) in [7, 11) is 0. The Labute approximate surface area is 165 Å². The van der Waals surface area contributed by atoms with E-state index in [1.165, 1.54) is 17.3 Å². The number of halogens is 1. The molecule has 1 amide bonds. The molecule has 3 aromatic rings. The molecule has 7 heteroatoms. The lowest BCUT2D eigenvalue weighted by atomic mass is 10.1. The summed E-state index contributed by atoms with van der Waals surface area (Å²) in [5.74, 6) is 0.855. The van der Waals surface area contributed by atoms with Gasteiger partial charge in [-0.2, -0.15) is 0 Å². The SMILES string of the molecule is Cc1cc(Br)c(NC(=O)CSc2n[nH]c(-c3ccccc3C)n2)cc1C. The number of thioether (sulfide) groups is 1. The summed E-state index contributed by atoms with van der Waals surface area (Å²) < 4.78 is 0.874. The molecule has 0 radical (unpaired) electrons. The van der Waals surface area contributed by atoms with Crippen LogP contribution in [0.4, 0.5) is 5.69 Å². The van der Waals surface area contributed by atoms with Gasteiger partial charge < -0.3 is 5.32 Å². The van der Waals surface area contributed by atoms with Gasteiger partial charge in [-0.25, -0.2) is 4.98 Å². The lowest BCUT2D eigenvalue weighted by Crippen LogP contribution is -2.14. The lowest BCUT2D eigenvalue weighted by molar-refractivity contribution is -0.113. The van der Waals surface area contributed by atoms with Crippen LogP contribution in [0.2, 0.25) is 0 Å². The second kappa shape index (κ2) is 8.05. The average molecular weight is 431 g/mol. The van der Waals surface area contributed by atoms with Crippen LogP contribution in [-0.4, -0.2) is 26.8 Å². The zero-order valence-electron chi connectivity index (χ0n) is 14.8. The molecule has 0 aliphatic carbocycles. The number of aromatic nitrogens is 3. The van der Waals surface area contributed by atoms with Crippen molar-refractivity contribution in [3.05, 3.63) is 57.6 Å². The van der Waals surface area contributed by atoms with Crippen molar-refractivity contribution in [1.29, 1.82) is 0 Å². The summed E-state index contributed by atoms with van der Waals surface area (Å²) >= 11 is 4.79. The standard InChI is InChI=1S/C19H19BrN4OS/c1-11-6-4-5-7-14(11)18-22-19(24-23-18)26-10-17(25)21-16-9-13(3)12(2)8-15(16)20/h4-9H,10H2,1-3H3,(H,21,25)(H,22,23,24). The van der Waals surface area contributed by atoms with Gasteiger partial charge in [0, 0.05) is 10.0 Å². The van der Waals surface area contributed by atoms with Gasteiger partial charge in [0.1, 0.15) is 0 Å². The highest BCUT2D eigenvalue weighted by Gasteiger charge is 2.12. The monoisotopic (exact) mass is 430 g/mol. The minimum atomic E-state index is -0.0961. The minimum absolute atomic E-state index is 0.0961. The average Bonchev–Trinajstić information content (AvgIpc) is 3.07. The van der Waals surface area contributed by atoms with E-state index < -0.39 is 0 Å². The molecule has 3 rings (SSSR count). The zero-order valence-corrected chi connectivity index (χ0v) is 17.2. The van der Waals surface area contributed by atoms with Gasteiger partial charge in [0.2, 0.25) is 11.1 Å². The fourth-order valence-electron chi connectivity index (χ4n) is 2.46. The van der Waals surface area contributed by atoms with Gasteiger partial charge in [-0.1, -0.05) is 36.0 Å². The third kappa shape index (κ3) is 4.34. The van der Waals surface area contributed by atoms with Gasteiger partial charge in [-0.3, -0.25) is 9.89 Å². The van der Waals surface area contributed by atoms with Crippen LogP contribution in [0.25, 0.3) is 11.4 Å². The van der Waals surface area contributed by atoms with Crippen molar-refractivity contribution in [3.63, 3.8) is 0 Å². The number of hydrogen-bond donors (Lipinski definition) is 2. The summed E-state index contributed by atoms with van der Waals surface area (Å²) in [4.78, 5) is 16.7. The summed E-state index contributed by atoms with van der Waals surface area (Å²) in [5.41, 5.74) is 5.21. The molecule has 5 nitrogen and oxygen atoms in total. The van der Waals surface area contributed by atoms with E-state index in [-0.39, 0.29) is 11.7 Å². The second-order valence-corrected chi connectivity index (χ2v) is 7.83. The molecule has 0 saturated carbocycles. The van der Waals surface area contributed by atoms with Gasteiger partial charge in [-0.05, 0) is 65.5 Å². The molecule has 0 spiro atoms. The van der Waals surface area contributed by atoms with Crippen LogP contribution in [0.1, 0.15) is 16.7 Å². The Bertz CT molecular complexity index is 954. The quantitative estimate of drug-likeness (QED) is 0.565. The number of carbonyl (C=O) groups excluding carboxylic acids is 1. The molecule has 2 N–H and O–H groups in total. The maximum atomic E-state index is 12.2. The Morgan fingerprint density at radius 2 is 1.88 bits per heavy atom. The lowest BCUT2D eigenvalue weighted by Gasteiger charge is -2.09. The van der Waals surface area contributed by atoms with Crippen LogP contribution < -0.4 is 5.32 Å². The predicted molar refractivity (Wildman–Crippen MR) is 110 cm³/mol. The minimum Gasteiger partial charge on any atom is -0.324 e. The number of hydrogen-bond acceptors (Lipinski definition) is 4. The third-order valence-corrected chi connectivity index (χ3v) is 5.56. The van der Waals surface area contributed by atoms with Crippen molar-refractivity contribution < 1.29 is 4.79 Å². The van der Waals surface area contributed by atoms with E-state index in [1.54, 1.807) is 0 Å². The molecule has 0 bridgehead atoms. The van der Waals surface area contributed by atoms with E-state index >= 15 is 0 Å². The van der Waals surface area contributed by atoms with E-state index in [4.69, 9.17) is 0 Å². The number of anilines is 1. The number of aryl methyl sites for hydroxylation is 3. The molecule has 1 heterocycles. The van der Waals surface area contributed by atoms with Gasteiger partial charge in [0.25, 0.3) is 0 Å². The van der Waals surface area contributed by atoms with Crippen molar-refractivity contribution in [2.24, 2.45) is 0 Å². The van der Waals surface area contributed by atoms with Crippen LogP contribution in [0.15, 0.2) is 46.0 Å². The first-order valence-corrected chi connectivity index (χ1v) is 9.89. The fraction of sp³-hybridized carbons (Fsp3) is 0.211. The zero-order chi connectivity index (χ0) is 18.7. The van der Waals surface area contributed by atoms with E-state index in [9.17, 15) is 4.79 Å². The number of H-pyrrole nitrogens is 1. The number of rotatable bonds is 5. The molecule has 2 aromatic carbocycles. The fourth-order valence-corrected chi connectivity index (χ4v) is 3.62. The van der Waals surface area contributed by atoms with Gasteiger partial charge in [0.05, 0.1) is 11.4 Å². The molecule has 0 aliphatic heterocycles. The highest BCUT2D eigenvalue weighted by atomic mass is 79.9. The summed E-state index contributed by atoms with van der Waals surface area (Å²) in [5, 5.41) is 10.6. The first-order chi connectivity index (χ1) is 12.4. The van der Waals surface area contributed by atoms with Crippen LogP contribution in [-0.2, 0) is 4.79 Å². The summed E-state index contributed by atoms with van der Waals surface area (Å²) in [6, 6.07) is 11.9. The second-order valence-electron chi connectivity index (χ2n) is 6.03. The Morgan fingerprint density at radius 3 is 2.65 bits per heavy atom. The topological polar surface area (TPSA) is 70.7 Å². The number of nitrogens with zero attached hydrogens (tertiary/aromatic N) is 2. The Kier molecular flexibility index (Phi) is 5.78. The number of carbonyl (C=O) groups is 1. The van der Waals surface area contributed by atoms with Crippen molar-refractivity contribution in [2.45, 2.75) is 25.9 Å². The smallest absolute Gasteiger partial charge is 0.234 e. The normalized spacial score (nSPS) is 10.8. The largest absolute Gasteiger partial charge is 0.324 e. The van der Waals surface area contributed by atoms with Gasteiger partial charge in [0.15, 0.2) is 5.82 Å². The van der Waals surface area contributed by atoms with E-state index in [1.807, 2.05) is 57.2 Å². The van der Waals surface area contributed by atoms with E-state index in [2.05, 4.69) is 36.4 Å². The third-order valence-electron chi connectivity index (χ3n) is 4.05. The summed E-state index contributed by atoms with van der Waals surface area (Å²) in [6.45, 7) is 6.09. The number of amides is 1. The van der Waals surface area contributed by atoms with Crippen molar-refractivity contribution >= 4 is 39.3 Å². The van der Waals surface area contributed by atoms with Crippen molar-refractivity contribution in [1.82, 2.24) is 15.2 Å². The molecule has 0 aliphatic rings. The van der Waals surface area contributed by atoms with E-state index in [0.717, 1.165) is 26.9 Å². The maximum Gasteiger partial charge on any atom is 0.234 e. The molecule has 0 unspecified atom stereocenters. The Hall–Kier alpha value is -2.12. The number of nitrogens with one attached hydrogen (secondary N) is 2. The highest BCUT2D eigenvalue weighted by Crippen LogP contribution is 2.27. The first kappa shape index (κ1) is 18.7. The predicted octanol–water partition coefficient (Wildman–Crippen LogP) is 4.89. The molecule has 0 saturated heterocycles. The Balaban J connectivity index is 1.62. The molecular weight excluding hydrogens is 412 g/mol. The summed E-state index contributed by atoms with van der Waals surface area (Å²) in [6.07, 6.45) is 0. The first-order valence-electron chi connectivity index (χ1n) is 8.12. The van der Waals surface area contributed by atoms with E-state index in [0.29, 0.717) is 11.0 Å². The molecular formula is C19H19BrN4OS. The van der Waals surface area contributed by atoms with Crippen LogP contribution >= 0.6 is 27.7 Å². The molecule has 0 fully saturated rings. The van der Waals surface area contributed by atoms with Gasteiger partial charge >= 0.3 is 0 Å². The van der Waals surface area contributed by atoms with Crippen molar-refractivity contribution in [2.75, 3.05) is 11.1 Å².